The summed E-state index contributed by atoms with van der Waals surface area (Å²) >= 11 is 0. The van der Waals surface area contributed by atoms with Crippen molar-refractivity contribution in [2.75, 3.05) is 5.73 Å². The van der Waals surface area contributed by atoms with Crippen molar-refractivity contribution in [3.8, 4) is 22.4 Å². The van der Waals surface area contributed by atoms with E-state index in [4.69, 9.17) is 5.73 Å². The molecule has 4 nitrogen and oxygen atoms in total. The van der Waals surface area contributed by atoms with Gasteiger partial charge in [0.25, 0.3) is 0 Å². The van der Waals surface area contributed by atoms with Crippen LogP contribution in [0.4, 0.5) is 10.2 Å². The fourth-order valence-corrected chi connectivity index (χ4v) is 2.19. The molecule has 0 unspecified atom stereocenters. The number of nitrogens with one attached hydrogen (secondary N) is 1. The lowest BCUT2D eigenvalue weighted by molar-refractivity contribution is 0.621. The van der Waals surface area contributed by atoms with Crippen LogP contribution in [0.5, 0.6) is 0 Å². The topological polar surface area (TPSA) is 67.6 Å². The first kappa shape index (κ1) is 12.3. The van der Waals surface area contributed by atoms with Crippen LogP contribution >= 0.6 is 0 Å². The Hall–Kier alpha value is -2.69. The highest BCUT2D eigenvalue weighted by atomic mass is 19.1. The summed E-state index contributed by atoms with van der Waals surface area (Å²) in [6.45, 7) is 1.72. The van der Waals surface area contributed by atoms with E-state index in [1.807, 2.05) is 6.07 Å². The van der Waals surface area contributed by atoms with Crippen LogP contribution in [0, 0.1) is 12.7 Å². The maximum Gasteiger partial charge on any atom is 0.153 e. The van der Waals surface area contributed by atoms with Gasteiger partial charge in [-0.2, -0.15) is 5.10 Å². The third-order valence-corrected chi connectivity index (χ3v) is 3.21. The summed E-state index contributed by atoms with van der Waals surface area (Å²) in [7, 11) is 0. The Morgan fingerprint density at radius 1 is 1.20 bits per heavy atom. The molecule has 0 atom stereocenters. The molecule has 5 heteroatoms. The molecule has 100 valence electrons. The molecular weight excluding hydrogens is 255 g/mol. The number of rotatable bonds is 2. The minimum Gasteiger partial charge on any atom is -0.382 e. The number of anilines is 1. The van der Waals surface area contributed by atoms with Crippen molar-refractivity contribution in [2.24, 2.45) is 0 Å². The summed E-state index contributed by atoms with van der Waals surface area (Å²) in [5.41, 5.74) is 8.97. The van der Waals surface area contributed by atoms with Crippen molar-refractivity contribution in [1.82, 2.24) is 15.2 Å². The smallest absolute Gasteiger partial charge is 0.153 e. The molecule has 0 aliphatic carbocycles. The number of nitrogen functional groups attached to an aromatic ring is 1. The van der Waals surface area contributed by atoms with Crippen molar-refractivity contribution in [3.05, 3.63) is 54.1 Å². The second-order valence-electron chi connectivity index (χ2n) is 4.54. The zero-order chi connectivity index (χ0) is 14.1. The summed E-state index contributed by atoms with van der Waals surface area (Å²) in [5, 5.41) is 6.81. The number of nitrogens with zero attached hydrogens (tertiary/aromatic N) is 2. The van der Waals surface area contributed by atoms with Gasteiger partial charge in [-0.3, -0.25) is 10.1 Å². The quantitative estimate of drug-likeness (QED) is 0.750. The van der Waals surface area contributed by atoms with Gasteiger partial charge in [0.15, 0.2) is 5.82 Å². The number of hydrogen-bond acceptors (Lipinski definition) is 3. The maximum absolute atomic E-state index is 14.3. The number of aromatic amines is 1. The predicted molar refractivity (Wildman–Crippen MR) is 76.4 cm³/mol. The van der Waals surface area contributed by atoms with Crippen LogP contribution in [-0.4, -0.2) is 15.2 Å². The monoisotopic (exact) mass is 268 g/mol. The third kappa shape index (κ3) is 1.93. The van der Waals surface area contributed by atoms with Crippen molar-refractivity contribution >= 4 is 5.82 Å². The van der Waals surface area contributed by atoms with E-state index in [2.05, 4.69) is 15.2 Å². The Labute approximate surface area is 115 Å². The number of H-pyrrole nitrogens is 1. The van der Waals surface area contributed by atoms with Gasteiger partial charge < -0.3 is 5.73 Å². The average molecular weight is 268 g/mol. The molecule has 2 aromatic heterocycles. The molecule has 0 saturated heterocycles. The molecule has 20 heavy (non-hydrogen) atoms. The molecular formula is C15H13FN4. The molecule has 3 aromatic rings. The molecule has 0 amide bonds. The van der Waals surface area contributed by atoms with Gasteiger partial charge in [0.05, 0.1) is 11.3 Å². The Bertz CT molecular complexity index is 750. The predicted octanol–water partition coefficient (Wildman–Crippen LogP) is 3.17. The first-order valence-electron chi connectivity index (χ1n) is 6.18. The highest BCUT2D eigenvalue weighted by Gasteiger charge is 2.18. The molecule has 0 saturated carbocycles. The fourth-order valence-electron chi connectivity index (χ4n) is 2.19. The summed E-state index contributed by atoms with van der Waals surface area (Å²) in [6.07, 6.45) is 3.35. The highest BCUT2D eigenvalue weighted by Crippen LogP contribution is 2.35. The summed E-state index contributed by atoms with van der Waals surface area (Å²) in [5.74, 6) is 0.0511. The van der Waals surface area contributed by atoms with Crippen molar-refractivity contribution in [3.63, 3.8) is 0 Å². The van der Waals surface area contributed by atoms with E-state index in [9.17, 15) is 4.39 Å². The molecule has 3 N–H and O–H groups in total. The molecule has 0 radical (unpaired) electrons. The van der Waals surface area contributed by atoms with Gasteiger partial charge in [0, 0.05) is 23.5 Å². The lowest BCUT2D eigenvalue weighted by Gasteiger charge is -2.07. The minimum atomic E-state index is -0.277. The third-order valence-electron chi connectivity index (χ3n) is 3.21. The van der Waals surface area contributed by atoms with E-state index in [1.165, 1.54) is 0 Å². The molecule has 3 rings (SSSR count). The number of hydrogen-bond donors (Lipinski definition) is 2. The van der Waals surface area contributed by atoms with Crippen LogP contribution in [0.2, 0.25) is 0 Å². The van der Waals surface area contributed by atoms with Crippen LogP contribution in [0.15, 0.2) is 42.7 Å². The number of aromatic nitrogens is 3. The van der Waals surface area contributed by atoms with Crippen LogP contribution < -0.4 is 5.73 Å². The van der Waals surface area contributed by atoms with E-state index in [0.29, 0.717) is 28.2 Å². The number of pyridine rings is 1. The zero-order valence-corrected chi connectivity index (χ0v) is 10.9. The van der Waals surface area contributed by atoms with Gasteiger partial charge in [-0.15, -0.1) is 0 Å². The first-order valence-corrected chi connectivity index (χ1v) is 6.18. The summed E-state index contributed by atoms with van der Waals surface area (Å²) in [6, 6.07) is 8.90. The van der Waals surface area contributed by atoms with E-state index < -0.39 is 0 Å². The van der Waals surface area contributed by atoms with Crippen LogP contribution in [-0.2, 0) is 0 Å². The molecule has 0 spiro atoms. The van der Waals surface area contributed by atoms with Crippen LogP contribution in [0.25, 0.3) is 22.4 Å². The lowest BCUT2D eigenvalue weighted by Crippen LogP contribution is -1.92. The van der Waals surface area contributed by atoms with Crippen molar-refractivity contribution in [2.45, 2.75) is 6.92 Å². The van der Waals surface area contributed by atoms with Gasteiger partial charge in [-0.25, -0.2) is 4.39 Å². The molecule has 2 heterocycles. The standard InChI is InChI=1S/C15H13FN4/c1-9-4-2-6-11(13(9)16)14-12(15(17)20-19-14)10-5-3-7-18-8-10/h2-8H,1H3,(H3,17,19,20). The molecule has 0 aliphatic rings. The fraction of sp³-hybridized carbons (Fsp3) is 0.0667. The van der Waals surface area contributed by atoms with Crippen molar-refractivity contribution < 1.29 is 4.39 Å². The normalized spacial score (nSPS) is 10.7. The number of benzene rings is 1. The first-order chi connectivity index (χ1) is 9.68. The Morgan fingerprint density at radius 3 is 2.80 bits per heavy atom. The molecule has 0 bridgehead atoms. The van der Waals surface area contributed by atoms with E-state index in [-0.39, 0.29) is 5.82 Å². The minimum absolute atomic E-state index is 0.277. The summed E-state index contributed by atoms with van der Waals surface area (Å²) in [4.78, 5) is 4.07. The molecule has 1 aromatic carbocycles. The van der Waals surface area contributed by atoms with Gasteiger partial charge in [0.1, 0.15) is 5.82 Å². The Balaban J connectivity index is 2.24. The van der Waals surface area contributed by atoms with Gasteiger partial charge in [-0.1, -0.05) is 18.2 Å². The summed E-state index contributed by atoms with van der Waals surface area (Å²) < 4.78 is 14.3. The molecule has 0 fully saturated rings. The number of nitrogens with two attached hydrogens (primary N) is 1. The van der Waals surface area contributed by atoms with Crippen LogP contribution in [0.3, 0.4) is 0 Å². The van der Waals surface area contributed by atoms with E-state index >= 15 is 0 Å². The number of aryl methyl sites for hydroxylation is 1. The van der Waals surface area contributed by atoms with Gasteiger partial charge in [-0.05, 0) is 24.6 Å². The second kappa shape index (κ2) is 4.77. The van der Waals surface area contributed by atoms with Crippen LogP contribution in [0.1, 0.15) is 5.56 Å². The van der Waals surface area contributed by atoms with Crippen molar-refractivity contribution in [1.29, 1.82) is 0 Å². The Kier molecular flexibility index (Phi) is 2.95. The maximum atomic E-state index is 14.3. The Morgan fingerprint density at radius 2 is 2.05 bits per heavy atom. The largest absolute Gasteiger partial charge is 0.382 e. The molecule has 0 aliphatic heterocycles. The average Bonchev–Trinajstić information content (AvgIpc) is 2.84. The SMILES string of the molecule is Cc1cccc(-c2[nH]nc(N)c2-c2cccnc2)c1F. The zero-order valence-electron chi connectivity index (χ0n) is 10.9. The number of halogens is 1. The van der Waals surface area contributed by atoms with Gasteiger partial charge >= 0.3 is 0 Å². The second-order valence-corrected chi connectivity index (χ2v) is 4.54. The van der Waals surface area contributed by atoms with Gasteiger partial charge in [0.2, 0.25) is 0 Å². The lowest BCUT2D eigenvalue weighted by atomic mass is 10.0. The highest BCUT2D eigenvalue weighted by molar-refractivity contribution is 5.87. The van der Waals surface area contributed by atoms with E-state index in [1.54, 1.807) is 43.6 Å². The van der Waals surface area contributed by atoms with E-state index in [0.717, 1.165) is 5.56 Å².